The van der Waals surface area contributed by atoms with Gasteiger partial charge in [0, 0.05) is 51.3 Å². The zero-order chi connectivity index (χ0) is 23.4. The van der Waals surface area contributed by atoms with Crippen molar-refractivity contribution in [1.29, 1.82) is 0 Å². The Hall–Kier alpha value is -3.51. The molecule has 2 amide bonds. The number of nitrogens with one attached hydrogen (secondary N) is 1. The molecule has 3 aromatic carbocycles. The second-order valence-electron chi connectivity index (χ2n) is 8.30. The minimum absolute atomic E-state index is 0.0109. The van der Waals surface area contributed by atoms with Crippen LogP contribution in [0.3, 0.4) is 0 Å². The third kappa shape index (κ3) is 4.96. The molecule has 1 fully saturated rings. The van der Waals surface area contributed by atoms with Crippen molar-refractivity contribution in [2.45, 2.75) is 19.5 Å². The van der Waals surface area contributed by atoms with Crippen LogP contribution >= 0.6 is 0 Å². The maximum atomic E-state index is 14.5. The fourth-order valence-electron chi connectivity index (χ4n) is 4.52. The molecule has 6 heteroatoms. The van der Waals surface area contributed by atoms with Gasteiger partial charge >= 0.3 is 0 Å². The van der Waals surface area contributed by atoms with Gasteiger partial charge in [0.25, 0.3) is 5.91 Å². The van der Waals surface area contributed by atoms with Crippen molar-refractivity contribution in [3.8, 4) is 11.1 Å². The molecule has 0 bridgehead atoms. The van der Waals surface area contributed by atoms with Gasteiger partial charge in [-0.2, -0.15) is 0 Å². The van der Waals surface area contributed by atoms with Gasteiger partial charge < -0.3 is 10.2 Å². The summed E-state index contributed by atoms with van der Waals surface area (Å²) >= 11 is 0. The number of hydrogen-bond donors (Lipinski definition) is 1. The van der Waals surface area contributed by atoms with E-state index in [2.05, 4.69) is 10.2 Å². The molecular formula is C27H28FN3O2. The Bertz CT molecular complexity index is 1160. The van der Waals surface area contributed by atoms with Crippen LogP contribution in [-0.4, -0.2) is 48.3 Å². The lowest BCUT2D eigenvalue weighted by Crippen LogP contribution is -2.49. The van der Waals surface area contributed by atoms with Crippen molar-refractivity contribution >= 4 is 11.8 Å². The zero-order valence-corrected chi connectivity index (χ0v) is 18.9. The van der Waals surface area contributed by atoms with Crippen molar-refractivity contribution in [2.75, 3.05) is 26.7 Å². The SMILES string of the molecule is CNC(=O)c1cccc(C2CN(Cc3ccccc3-c3ccccc3F)CCN2C(C)=O)c1. The van der Waals surface area contributed by atoms with Crippen LogP contribution in [0.5, 0.6) is 0 Å². The molecule has 0 saturated carbocycles. The van der Waals surface area contributed by atoms with Gasteiger partial charge in [-0.3, -0.25) is 14.5 Å². The lowest BCUT2D eigenvalue weighted by Gasteiger charge is -2.41. The quantitative estimate of drug-likeness (QED) is 0.639. The maximum absolute atomic E-state index is 14.5. The van der Waals surface area contributed by atoms with Crippen LogP contribution in [0.15, 0.2) is 72.8 Å². The van der Waals surface area contributed by atoms with Crippen molar-refractivity contribution in [3.63, 3.8) is 0 Å². The van der Waals surface area contributed by atoms with E-state index < -0.39 is 0 Å². The second kappa shape index (κ2) is 9.96. The number of hydrogen-bond acceptors (Lipinski definition) is 3. The molecule has 5 nitrogen and oxygen atoms in total. The van der Waals surface area contributed by atoms with Crippen molar-refractivity contribution in [3.05, 3.63) is 95.3 Å². The molecule has 0 aliphatic carbocycles. The van der Waals surface area contributed by atoms with E-state index in [0.717, 1.165) is 23.2 Å². The standard InChI is InChI=1S/C27H28FN3O2/c1-19(32)31-15-14-30(18-26(31)20-9-7-10-21(16-20)27(33)29-2)17-22-8-3-4-11-23(22)24-12-5-6-13-25(24)28/h3-13,16,26H,14-15,17-18H2,1-2H3,(H,29,33). The first-order chi connectivity index (χ1) is 16.0. The predicted molar refractivity (Wildman–Crippen MR) is 127 cm³/mol. The minimum Gasteiger partial charge on any atom is -0.355 e. The largest absolute Gasteiger partial charge is 0.355 e. The summed E-state index contributed by atoms with van der Waals surface area (Å²) in [4.78, 5) is 28.7. The van der Waals surface area contributed by atoms with Crippen LogP contribution in [0.25, 0.3) is 11.1 Å². The number of carbonyl (C=O) groups excluding carboxylic acids is 2. The van der Waals surface area contributed by atoms with E-state index in [1.165, 1.54) is 6.07 Å². The van der Waals surface area contributed by atoms with Gasteiger partial charge in [0.2, 0.25) is 5.91 Å². The Kier molecular flexibility index (Phi) is 6.84. The third-order valence-electron chi connectivity index (χ3n) is 6.20. The number of carbonyl (C=O) groups is 2. The summed E-state index contributed by atoms with van der Waals surface area (Å²) in [6.07, 6.45) is 0. The molecule has 1 heterocycles. The lowest BCUT2D eigenvalue weighted by molar-refractivity contribution is -0.134. The van der Waals surface area contributed by atoms with Crippen LogP contribution in [-0.2, 0) is 11.3 Å². The van der Waals surface area contributed by atoms with Gasteiger partial charge in [-0.25, -0.2) is 4.39 Å². The first kappa shape index (κ1) is 22.7. The average molecular weight is 446 g/mol. The van der Waals surface area contributed by atoms with Gasteiger partial charge in [-0.15, -0.1) is 0 Å². The molecule has 170 valence electrons. The summed E-state index contributed by atoms with van der Waals surface area (Å²) < 4.78 is 14.5. The van der Waals surface area contributed by atoms with E-state index in [-0.39, 0.29) is 23.7 Å². The highest BCUT2D eigenvalue weighted by Gasteiger charge is 2.30. The van der Waals surface area contributed by atoms with Crippen LogP contribution < -0.4 is 5.32 Å². The molecule has 0 radical (unpaired) electrons. The van der Waals surface area contributed by atoms with Crippen LogP contribution in [0.1, 0.15) is 34.5 Å². The zero-order valence-electron chi connectivity index (χ0n) is 18.9. The van der Waals surface area contributed by atoms with Gasteiger partial charge in [-0.05, 0) is 34.9 Å². The fourth-order valence-corrected chi connectivity index (χ4v) is 4.52. The molecule has 0 aromatic heterocycles. The summed E-state index contributed by atoms with van der Waals surface area (Å²) in [6, 6.07) is 22.0. The van der Waals surface area contributed by atoms with Gasteiger partial charge in [0.15, 0.2) is 0 Å². The summed E-state index contributed by atoms with van der Waals surface area (Å²) in [6.45, 7) is 4.16. The molecule has 3 aromatic rings. The Labute approximate surface area is 193 Å². The van der Waals surface area contributed by atoms with Crippen LogP contribution in [0.2, 0.25) is 0 Å². The Balaban J connectivity index is 1.61. The molecular weight excluding hydrogens is 417 g/mol. The van der Waals surface area contributed by atoms with Crippen LogP contribution in [0.4, 0.5) is 4.39 Å². The normalized spacial score (nSPS) is 16.5. The average Bonchev–Trinajstić information content (AvgIpc) is 2.84. The minimum atomic E-state index is -0.241. The molecule has 33 heavy (non-hydrogen) atoms. The molecule has 1 aliphatic heterocycles. The van der Waals surface area contributed by atoms with Crippen molar-refractivity contribution in [2.24, 2.45) is 0 Å². The number of halogens is 1. The molecule has 1 N–H and O–H groups in total. The fraction of sp³-hybridized carbons (Fsp3) is 0.259. The highest BCUT2D eigenvalue weighted by Crippen LogP contribution is 2.30. The molecule has 0 spiro atoms. The summed E-state index contributed by atoms with van der Waals surface area (Å²) in [5.74, 6) is -0.385. The third-order valence-corrected chi connectivity index (χ3v) is 6.20. The number of amides is 2. The van der Waals surface area contributed by atoms with E-state index in [9.17, 15) is 14.0 Å². The monoisotopic (exact) mass is 445 g/mol. The molecule has 1 atom stereocenters. The Morgan fingerprint density at radius 1 is 0.970 bits per heavy atom. The van der Waals surface area contributed by atoms with Crippen molar-refractivity contribution < 1.29 is 14.0 Å². The van der Waals surface area contributed by atoms with Crippen LogP contribution in [0, 0.1) is 5.82 Å². The highest BCUT2D eigenvalue weighted by molar-refractivity contribution is 5.94. The number of rotatable bonds is 5. The van der Waals surface area contributed by atoms with E-state index in [1.807, 2.05) is 53.4 Å². The second-order valence-corrected chi connectivity index (χ2v) is 8.30. The van der Waals surface area contributed by atoms with Gasteiger partial charge in [0.1, 0.15) is 5.82 Å². The summed E-state index contributed by atoms with van der Waals surface area (Å²) in [5, 5.41) is 2.65. The number of piperazine rings is 1. The predicted octanol–water partition coefficient (Wildman–Crippen LogP) is 4.26. The lowest BCUT2D eigenvalue weighted by atomic mass is 9.97. The smallest absolute Gasteiger partial charge is 0.251 e. The van der Waals surface area contributed by atoms with E-state index in [4.69, 9.17) is 0 Å². The van der Waals surface area contributed by atoms with E-state index >= 15 is 0 Å². The van der Waals surface area contributed by atoms with Gasteiger partial charge in [-0.1, -0.05) is 54.6 Å². The van der Waals surface area contributed by atoms with E-state index in [1.54, 1.807) is 32.2 Å². The van der Waals surface area contributed by atoms with E-state index in [0.29, 0.717) is 30.8 Å². The highest BCUT2D eigenvalue weighted by atomic mass is 19.1. The number of nitrogens with zero attached hydrogens (tertiary/aromatic N) is 2. The molecule has 4 rings (SSSR count). The Morgan fingerprint density at radius 2 is 1.70 bits per heavy atom. The topological polar surface area (TPSA) is 52.7 Å². The van der Waals surface area contributed by atoms with Gasteiger partial charge in [0.05, 0.1) is 6.04 Å². The number of benzene rings is 3. The summed E-state index contributed by atoms with van der Waals surface area (Å²) in [5.41, 5.74) is 4.00. The first-order valence-electron chi connectivity index (χ1n) is 11.1. The molecule has 1 unspecified atom stereocenters. The Morgan fingerprint density at radius 3 is 2.42 bits per heavy atom. The molecule has 1 saturated heterocycles. The summed E-state index contributed by atoms with van der Waals surface area (Å²) in [7, 11) is 1.60. The maximum Gasteiger partial charge on any atom is 0.251 e. The molecule has 1 aliphatic rings. The van der Waals surface area contributed by atoms with Crippen molar-refractivity contribution in [1.82, 2.24) is 15.1 Å². The first-order valence-corrected chi connectivity index (χ1v) is 11.1.